The Morgan fingerprint density at radius 2 is 1.95 bits per heavy atom. The largest absolute Gasteiger partial charge is 0.491 e. The van der Waals surface area contributed by atoms with Crippen LogP contribution in [0.4, 0.5) is 0 Å². The lowest BCUT2D eigenvalue weighted by molar-refractivity contribution is -0.0128. The first-order valence-corrected chi connectivity index (χ1v) is 7.22. The highest BCUT2D eigenvalue weighted by Crippen LogP contribution is 2.12. The minimum Gasteiger partial charge on any atom is -0.491 e. The maximum Gasteiger partial charge on any atom is 0.119 e. The molecule has 0 heterocycles. The standard InChI is InChI=1S/C15H23NO3S/c1-3-17-11-12(2)18-8-9-19-14-6-4-13(5-7-14)10-15(16)20/h4-7,12H,3,8-11H2,1-2H3,(H2,16,20). The molecule has 4 nitrogen and oxygen atoms in total. The summed E-state index contributed by atoms with van der Waals surface area (Å²) in [5.41, 5.74) is 6.59. The number of hydrogen-bond acceptors (Lipinski definition) is 4. The molecule has 0 aromatic heterocycles. The Bertz CT molecular complexity index is 395. The van der Waals surface area contributed by atoms with E-state index in [1.807, 2.05) is 38.1 Å². The molecule has 2 N–H and O–H groups in total. The molecule has 0 saturated carbocycles. The van der Waals surface area contributed by atoms with Crippen LogP contribution in [0.25, 0.3) is 0 Å². The third-order valence-corrected chi connectivity index (χ3v) is 2.76. The number of rotatable bonds is 10. The third kappa shape index (κ3) is 7.43. The van der Waals surface area contributed by atoms with Crippen LogP contribution in [0.2, 0.25) is 0 Å². The van der Waals surface area contributed by atoms with Crippen molar-refractivity contribution in [1.82, 2.24) is 0 Å². The molecule has 0 amide bonds. The second-order valence-electron chi connectivity index (χ2n) is 4.48. The van der Waals surface area contributed by atoms with Crippen LogP contribution in [0, 0.1) is 0 Å². The first-order chi connectivity index (χ1) is 9.61. The molecule has 0 aliphatic carbocycles. The molecular weight excluding hydrogens is 274 g/mol. The molecule has 0 aliphatic heterocycles. The van der Waals surface area contributed by atoms with Crippen LogP contribution in [0.5, 0.6) is 5.75 Å². The summed E-state index contributed by atoms with van der Waals surface area (Å²) in [4.78, 5) is 0.496. The topological polar surface area (TPSA) is 53.7 Å². The number of nitrogens with two attached hydrogens (primary N) is 1. The van der Waals surface area contributed by atoms with Gasteiger partial charge < -0.3 is 19.9 Å². The van der Waals surface area contributed by atoms with E-state index in [0.29, 0.717) is 37.8 Å². The normalized spacial score (nSPS) is 12.1. The SMILES string of the molecule is CCOCC(C)OCCOc1ccc(CC(N)=S)cc1. The van der Waals surface area contributed by atoms with Crippen molar-refractivity contribution in [2.45, 2.75) is 26.4 Å². The van der Waals surface area contributed by atoms with E-state index in [1.54, 1.807) is 0 Å². The molecule has 0 fully saturated rings. The van der Waals surface area contributed by atoms with Crippen molar-refractivity contribution in [2.75, 3.05) is 26.4 Å². The molecule has 1 rings (SSSR count). The quantitative estimate of drug-likeness (QED) is 0.530. The Kier molecular flexibility index (Phi) is 8.18. The third-order valence-electron chi connectivity index (χ3n) is 2.61. The van der Waals surface area contributed by atoms with E-state index in [1.165, 1.54) is 0 Å². The summed E-state index contributed by atoms with van der Waals surface area (Å²) in [6, 6.07) is 7.76. The van der Waals surface area contributed by atoms with E-state index in [4.69, 9.17) is 32.2 Å². The molecule has 1 atom stereocenters. The minimum absolute atomic E-state index is 0.0893. The van der Waals surface area contributed by atoms with Crippen molar-refractivity contribution in [3.05, 3.63) is 29.8 Å². The average Bonchev–Trinajstić information content (AvgIpc) is 2.42. The van der Waals surface area contributed by atoms with Gasteiger partial charge in [-0.1, -0.05) is 24.4 Å². The van der Waals surface area contributed by atoms with Crippen molar-refractivity contribution < 1.29 is 14.2 Å². The van der Waals surface area contributed by atoms with Gasteiger partial charge in [-0.25, -0.2) is 0 Å². The van der Waals surface area contributed by atoms with E-state index in [-0.39, 0.29) is 6.10 Å². The lowest BCUT2D eigenvalue weighted by atomic mass is 10.1. The second kappa shape index (κ2) is 9.69. The van der Waals surface area contributed by atoms with Gasteiger partial charge in [0, 0.05) is 13.0 Å². The summed E-state index contributed by atoms with van der Waals surface area (Å²) in [5, 5.41) is 0. The molecule has 20 heavy (non-hydrogen) atoms. The molecule has 0 bridgehead atoms. The first-order valence-electron chi connectivity index (χ1n) is 6.81. The molecule has 0 radical (unpaired) electrons. The summed E-state index contributed by atoms with van der Waals surface area (Å²) < 4.78 is 16.4. The lowest BCUT2D eigenvalue weighted by Crippen LogP contribution is -2.19. The lowest BCUT2D eigenvalue weighted by Gasteiger charge is -2.13. The van der Waals surface area contributed by atoms with Crippen LogP contribution in [-0.2, 0) is 15.9 Å². The van der Waals surface area contributed by atoms with Gasteiger partial charge in [-0.2, -0.15) is 0 Å². The van der Waals surface area contributed by atoms with Gasteiger partial charge in [-0.3, -0.25) is 0 Å². The molecule has 112 valence electrons. The molecule has 1 unspecified atom stereocenters. The predicted molar refractivity (Wildman–Crippen MR) is 84.3 cm³/mol. The van der Waals surface area contributed by atoms with Crippen molar-refractivity contribution >= 4 is 17.2 Å². The van der Waals surface area contributed by atoms with Crippen LogP contribution >= 0.6 is 12.2 Å². The summed E-state index contributed by atoms with van der Waals surface area (Å²) in [7, 11) is 0. The zero-order valence-corrected chi connectivity index (χ0v) is 12.9. The summed E-state index contributed by atoms with van der Waals surface area (Å²) >= 11 is 4.87. The number of thiocarbonyl (C=S) groups is 1. The maximum atomic E-state index is 5.59. The van der Waals surface area contributed by atoms with Gasteiger partial charge >= 0.3 is 0 Å². The highest BCUT2D eigenvalue weighted by molar-refractivity contribution is 7.80. The Labute approximate surface area is 126 Å². The van der Waals surface area contributed by atoms with Gasteiger partial charge in [-0.05, 0) is 31.5 Å². The van der Waals surface area contributed by atoms with Crippen molar-refractivity contribution in [2.24, 2.45) is 5.73 Å². The van der Waals surface area contributed by atoms with Gasteiger partial charge in [0.1, 0.15) is 12.4 Å². The number of ether oxygens (including phenoxy) is 3. The number of benzene rings is 1. The van der Waals surface area contributed by atoms with Gasteiger partial charge in [0.2, 0.25) is 0 Å². The smallest absolute Gasteiger partial charge is 0.119 e. The summed E-state index contributed by atoms with van der Waals surface area (Å²) in [5.74, 6) is 0.817. The Balaban J connectivity index is 2.20. The van der Waals surface area contributed by atoms with Crippen molar-refractivity contribution in [1.29, 1.82) is 0 Å². The Hall–Kier alpha value is -1.17. The summed E-state index contributed by atoms with van der Waals surface area (Å²) in [6.07, 6.45) is 0.708. The molecule has 5 heteroatoms. The minimum atomic E-state index is 0.0893. The first kappa shape index (κ1) is 16.9. The predicted octanol–water partition coefficient (Wildman–Crippen LogP) is 2.34. The van der Waals surface area contributed by atoms with Crippen LogP contribution in [0.15, 0.2) is 24.3 Å². The molecule has 0 saturated heterocycles. The average molecular weight is 297 g/mol. The van der Waals surface area contributed by atoms with Crippen LogP contribution in [0.3, 0.4) is 0 Å². The second-order valence-corrected chi connectivity index (χ2v) is 5.00. The highest BCUT2D eigenvalue weighted by Gasteiger charge is 2.02. The van der Waals surface area contributed by atoms with E-state index >= 15 is 0 Å². The molecule has 1 aromatic carbocycles. The molecule has 0 spiro atoms. The highest BCUT2D eigenvalue weighted by atomic mass is 32.1. The van der Waals surface area contributed by atoms with Crippen LogP contribution < -0.4 is 10.5 Å². The van der Waals surface area contributed by atoms with Crippen molar-refractivity contribution in [3.63, 3.8) is 0 Å². The fourth-order valence-electron chi connectivity index (χ4n) is 1.65. The van der Waals surface area contributed by atoms with Crippen molar-refractivity contribution in [3.8, 4) is 5.75 Å². The van der Waals surface area contributed by atoms with Gasteiger partial charge in [-0.15, -0.1) is 0 Å². The Morgan fingerprint density at radius 3 is 2.55 bits per heavy atom. The van der Waals surface area contributed by atoms with Crippen LogP contribution in [0.1, 0.15) is 19.4 Å². The fourth-order valence-corrected chi connectivity index (χ4v) is 1.81. The zero-order chi connectivity index (χ0) is 14.8. The maximum absolute atomic E-state index is 5.59. The van der Waals surface area contributed by atoms with Gasteiger partial charge in [0.05, 0.1) is 24.3 Å². The van der Waals surface area contributed by atoms with Gasteiger partial charge in [0.15, 0.2) is 0 Å². The molecule has 1 aromatic rings. The van der Waals surface area contributed by atoms with Gasteiger partial charge in [0.25, 0.3) is 0 Å². The van der Waals surface area contributed by atoms with E-state index in [0.717, 1.165) is 11.3 Å². The molecule has 0 aliphatic rings. The monoisotopic (exact) mass is 297 g/mol. The zero-order valence-electron chi connectivity index (χ0n) is 12.1. The van der Waals surface area contributed by atoms with Crippen LogP contribution in [-0.4, -0.2) is 37.5 Å². The van der Waals surface area contributed by atoms with E-state index < -0.39 is 0 Å². The van der Waals surface area contributed by atoms with E-state index in [9.17, 15) is 0 Å². The fraction of sp³-hybridized carbons (Fsp3) is 0.533. The molecular formula is C15H23NO3S. The number of hydrogen-bond donors (Lipinski definition) is 1. The Morgan fingerprint density at radius 1 is 1.25 bits per heavy atom. The van der Waals surface area contributed by atoms with E-state index in [2.05, 4.69) is 0 Å². The summed E-state index contributed by atoms with van der Waals surface area (Å²) in [6.45, 7) is 6.35.